The average molecular weight is 338 g/mol. The first-order chi connectivity index (χ1) is 12.3. The van der Waals surface area contributed by atoms with E-state index in [0.29, 0.717) is 0 Å². The van der Waals surface area contributed by atoms with Gasteiger partial charge in [-0.15, -0.1) is 0 Å². The molecule has 2 bridgehead atoms. The fourth-order valence-corrected chi connectivity index (χ4v) is 4.56. The molecule has 0 radical (unpaired) electrons. The van der Waals surface area contributed by atoms with E-state index >= 15 is 0 Å². The van der Waals surface area contributed by atoms with Crippen molar-refractivity contribution in [1.29, 1.82) is 0 Å². The maximum absolute atomic E-state index is 4.29. The number of hydrogen-bond acceptors (Lipinski definition) is 3. The van der Waals surface area contributed by atoms with E-state index in [1.54, 1.807) is 0 Å². The van der Waals surface area contributed by atoms with E-state index in [-0.39, 0.29) is 0 Å². The molecule has 2 atom stereocenters. The SMILES string of the molecule is CCCN1C[C@@H]2CC[C@H]1CN(Cc1ccc(Cn3cccn3)cc1)C2. The second-order valence-electron chi connectivity index (χ2n) is 7.81. The van der Waals surface area contributed by atoms with E-state index in [1.165, 1.54) is 56.6 Å². The van der Waals surface area contributed by atoms with Crippen molar-refractivity contribution in [3.05, 3.63) is 53.9 Å². The van der Waals surface area contributed by atoms with E-state index in [9.17, 15) is 0 Å². The molecule has 0 spiro atoms. The first kappa shape index (κ1) is 16.8. The van der Waals surface area contributed by atoms with Gasteiger partial charge in [-0.1, -0.05) is 31.2 Å². The maximum atomic E-state index is 4.29. The number of piperidine rings is 1. The third kappa shape index (κ3) is 4.13. The highest BCUT2D eigenvalue weighted by atomic mass is 15.3. The summed E-state index contributed by atoms with van der Waals surface area (Å²) in [6.45, 7) is 9.36. The van der Waals surface area contributed by atoms with Crippen LogP contribution in [0.5, 0.6) is 0 Å². The molecular formula is C21H30N4. The summed E-state index contributed by atoms with van der Waals surface area (Å²) in [5.41, 5.74) is 2.75. The molecule has 4 heterocycles. The molecule has 0 unspecified atom stereocenters. The molecule has 25 heavy (non-hydrogen) atoms. The highest BCUT2D eigenvalue weighted by Gasteiger charge is 2.33. The van der Waals surface area contributed by atoms with Crippen LogP contribution in [0.1, 0.15) is 37.3 Å². The molecule has 2 aromatic rings. The minimum Gasteiger partial charge on any atom is -0.299 e. The Hall–Kier alpha value is -1.65. The van der Waals surface area contributed by atoms with Gasteiger partial charge in [0.1, 0.15) is 0 Å². The normalized spacial score (nSPS) is 24.5. The first-order valence-corrected chi connectivity index (χ1v) is 9.82. The van der Waals surface area contributed by atoms with E-state index in [1.807, 2.05) is 23.1 Å². The summed E-state index contributed by atoms with van der Waals surface area (Å²) >= 11 is 0. The molecule has 0 aliphatic carbocycles. The van der Waals surface area contributed by atoms with E-state index < -0.39 is 0 Å². The van der Waals surface area contributed by atoms with Gasteiger partial charge in [-0.25, -0.2) is 0 Å². The van der Waals surface area contributed by atoms with Crippen LogP contribution >= 0.6 is 0 Å². The van der Waals surface area contributed by atoms with Crippen molar-refractivity contribution in [3.63, 3.8) is 0 Å². The van der Waals surface area contributed by atoms with Crippen LogP contribution in [-0.2, 0) is 13.1 Å². The molecule has 3 saturated heterocycles. The van der Waals surface area contributed by atoms with Gasteiger partial charge < -0.3 is 0 Å². The lowest BCUT2D eigenvalue weighted by Gasteiger charge is -2.35. The highest BCUT2D eigenvalue weighted by molar-refractivity contribution is 5.22. The van der Waals surface area contributed by atoms with Gasteiger partial charge in [0.05, 0.1) is 6.54 Å². The predicted octanol–water partition coefficient (Wildman–Crippen LogP) is 3.24. The summed E-state index contributed by atoms with van der Waals surface area (Å²) in [7, 11) is 0. The van der Waals surface area contributed by atoms with Crippen molar-refractivity contribution >= 4 is 0 Å². The van der Waals surface area contributed by atoms with Crippen molar-refractivity contribution in [1.82, 2.24) is 19.6 Å². The quantitative estimate of drug-likeness (QED) is 0.808. The molecule has 5 rings (SSSR count). The van der Waals surface area contributed by atoms with Crippen LogP contribution in [-0.4, -0.2) is 51.8 Å². The number of fused-ring (bicyclic) bond motifs is 4. The summed E-state index contributed by atoms with van der Waals surface area (Å²) in [5.74, 6) is 0.865. The first-order valence-electron chi connectivity index (χ1n) is 9.82. The van der Waals surface area contributed by atoms with Crippen LogP contribution in [0, 0.1) is 5.92 Å². The van der Waals surface area contributed by atoms with E-state index in [4.69, 9.17) is 0 Å². The standard InChI is InChI=1S/C21H30N4/c1-2-11-24-15-20-8-9-21(24)17-23(14-20)13-18-4-6-19(7-5-18)16-25-12-3-10-22-25/h3-7,10,12,20-21H,2,8-9,11,13-17H2,1H3/t20-,21+/m1/s1. The van der Waals surface area contributed by atoms with Gasteiger partial charge in [-0.2, -0.15) is 5.10 Å². The van der Waals surface area contributed by atoms with Crippen molar-refractivity contribution in [2.45, 2.75) is 45.3 Å². The topological polar surface area (TPSA) is 24.3 Å². The third-order valence-corrected chi connectivity index (χ3v) is 5.75. The lowest BCUT2D eigenvalue weighted by atomic mass is 9.95. The molecule has 3 aliphatic heterocycles. The maximum Gasteiger partial charge on any atom is 0.0659 e. The number of benzene rings is 1. The summed E-state index contributed by atoms with van der Waals surface area (Å²) in [6.07, 6.45) is 7.95. The second kappa shape index (κ2) is 7.71. The molecule has 3 aliphatic rings. The number of rotatable bonds is 6. The molecular weight excluding hydrogens is 308 g/mol. The Morgan fingerprint density at radius 2 is 1.80 bits per heavy atom. The largest absolute Gasteiger partial charge is 0.299 e. The monoisotopic (exact) mass is 338 g/mol. The fraction of sp³-hybridized carbons (Fsp3) is 0.571. The van der Waals surface area contributed by atoms with E-state index in [2.05, 4.69) is 46.1 Å². The van der Waals surface area contributed by atoms with Gasteiger partial charge in [0.2, 0.25) is 0 Å². The Morgan fingerprint density at radius 3 is 2.52 bits per heavy atom. The Bertz CT molecular complexity index is 649. The summed E-state index contributed by atoms with van der Waals surface area (Å²) < 4.78 is 1.98. The smallest absolute Gasteiger partial charge is 0.0659 e. The summed E-state index contributed by atoms with van der Waals surface area (Å²) in [4.78, 5) is 5.45. The van der Waals surface area contributed by atoms with Crippen LogP contribution in [0.3, 0.4) is 0 Å². The zero-order valence-electron chi connectivity index (χ0n) is 15.3. The van der Waals surface area contributed by atoms with Gasteiger partial charge >= 0.3 is 0 Å². The average Bonchev–Trinajstić information content (AvgIpc) is 2.98. The molecule has 1 aromatic heterocycles. The van der Waals surface area contributed by atoms with Crippen LogP contribution in [0.4, 0.5) is 0 Å². The van der Waals surface area contributed by atoms with Crippen LogP contribution in [0.15, 0.2) is 42.7 Å². The van der Waals surface area contributed by atoms with Gasteiger partial charge in [0.25, 0.3) is 0 Å². The van der Waals surface area contributed by atoms with Crippen LogP contribution in [0.2, 0.25) is 0 Å². The summed E-state index contributed by atoms with van der Waals surface area (Å²) in [6, 6.07) is 11.9. The van der Waals surface area contributed by atoms with Gasteiger partial charge in [0.15, 0.2) is 0 Å². The Kier molecular flexibility index (Phi) is 5.18. The van der Waals surface area contributed by atoms with Crippen molar-refractivity contribution < 1.29 is 0 Å². The molecule has 134 valence electrons. The zero-order valence-corrected chi connectivity index (χ0v) is 15.3. The predicted molar refractivity (Wildman–Crippen MR) is 101 cm³/mol. The Labute approximate surface area is 151 Å². The molecule has 4 heteroatoms. The molecule has 0 saturated carbocycles. The van der Waals surface area contributed by atoms with Crippen molar-refractivity contribution in [3.8, 4) is 0 Å². The van der Waals surface area contributed by atoms with Gasteiger partial charge in [0, 0.05) is 44.6 Å². The van der Waals surface area contributed by atoms with Gasteiger partial charge in [-0.3, -0.25) is 14.5 Å². The van der Waals surface area contributed by atoms with Crippen molar-refractivity contribution in [2.24, 2.45) is 5.92 Å². The lowest BCUT2D eigenvalue weighted by Crippen LogP contribution is -2.44. The van der Waals surface area contributed by atoms with Gasteiger partial charge in [-0.05, 0) is 48.9 Å². The highest BCUT2D eigenvalue weighted by Crippen LogP contribution is 2.28. The third-order valence-electron chi connectivity index (χ3n) is 5.75. The van der Waals surface area contributed by atoms with Crippen LogP contribution in [0.25, 0.3) is 0 Å². The molecule has 0 N–H and O–H groups in total. The number of hydrogen-bond donors (Lipinski definition) is 0. The number of nitrogens with zero attached hydrogens (tertiary/aromatic N) is 4. The lowest BCUT2D eigenvalue weighted by molar-refractivity contribution is 0.131. The summed E-state index contributed by atoms with van der Waals surface area (Å²) in [5, 5.41) is 4.29. The molecule has 0 amide bonds. The molecule has 4 nitrogen and oxygen atoms in total. The van der Waals surface area contributed by atoms with Crippen LogP contribution < -0.4 is 0 Å². The minimum absolute atomic E-state index is 0.776. The molecule has 1 aromatic carbocycles. The zero-order chi connectivity index (χ0) is 17.1. The van der Waals surface area contributed by atoms with Crippen molar-refractivity contribution in [2.75, 3.05) is 26.2 Å². The fourth-order valence-electron chi connectivity index (χ4n) is 4.56. The molecule has 3 fully saturated rings. The number of aromatic nitrogens is 2. The Balaban J connectivity index is 1.37. The second-order valence-corrected chi connectivity index (χ2v) is 7.81. The minimum atomic E-state index is 0.776. The Morgan fingerprint density at radius 1 is 1.00 bits per heavy atom. The van der Waals surface area contributed by atoms with E-state index in [0.717, 1.165) is 25.0 Å².